The first-order chi connectivity index (χ1) is 9.36. The highest BCUT2D eigenvalue weighted by Gasteiger charge is 2.41. The molecule has 7 heteroatoms. The molecule has 0 bridgehead atoms. The number of halogens is 2. The number of hydrogen-bond acceptors (Lipinski definition) is 4. The average Bonchev–Trinajstić information content (AvgIpc) is 2.81. The molecule has 0 aliphatic carbocycles. The third-order valence-electron chi connectivity index (χ3n) is 2.63. The standard InChI is InChI=1S/C13H10F2O4S/c1-2-19-11(16)10-5-7-3-4-8(6-9(7)20-10)13(14,15)12(17)18/h3-6H,2H2,1H3,(H,17,18). The molecule has 0 saturated carbocycles. The van der Waals surface area contributed by atoms with E-state index in [-0.39, 0.29) is 11.5 Å². The number of carbonyl (C=O) groups is 2. The van der Waals surface area contributed by atoms with Gasteiger partial charge in [-0.15, -0.1) is 11.3 Å². The van der Waals surface area contributed by atoms with Gasteiger partial charge in [0.2, 0.25) is 0 Å². The molecule has 2 aromatic rings. The van der Waals surface area contributed by atoms with Gasteiger partial charge in [-0.25, -0.2) is 9.59 Å². The number of benzene rings is 1. The number of rotatable bonds is 4. The molecule has 2 rings (SSSR count). The van der Waals surface area contributed by atoms with E-state index in [1.165, 1.54) is 12.1 Å². The molecule has 4 nitrogen and oxygen atoms in total. The Morgan fingerprint density at radius 1 is 1.35 bits per heavy atom. The number of carboxylic acids is 1. The summed E-state index contributed by atoms with van der Waals surface area (Å²) in [5.74, 6) is -6.69. The van der Waals surface area contributed by atoms with Gasteiger partial charge in [0.25, 0.3) is 0 Å². The van der Waals surface area contributed by atoms with Gasteiger partial charge in [0.15, 0.2) is 0 Å². The van der Waals surface area contributed by atoms with Crippen LogP contribution in [0.25, 0.3) is 10.1 Å². The Morgan fingerprint density at radius 3 is 2.65 bits per heavy atom. The molecule has 0 aliphatic rings. The van der Waals surface area contributed by atoms with E-state index in [1.54, 1.807) is 6.92 Å². The molecule has 0 unspecified atom stereocenters. The molecule has 0 amide bonds. The molecule has 0 aliphatic heterocycles. The van der Waals surface area contributed by atoms with Crippen LogP contribution in [-0.2, 0) is 15.5 Å². The van der Waals surface area contributed by atoms with Gasteiger partial charge >= 0.3 is 17.9 Å². The van der Waals surface area contributed by atoms with Crippen LogP contribution in [0, 0.1) is 0 Å². The van der Waals surface area contributed by atoms with Crippen LogP contribution in [0.3, 0.4) is 0 Å². The minimum absolute atomic E-state index is 0.218. The van der Waals surface area contributed by atoms with E-state index in [4.69, 9.17) is 9.84 Å². The van der Waals surface area contributed by atoms with E-state index in [1.807, 2.05) is 0 Å². The van der Waals surface area contributed by atoms with Crippen molar-refractivity contribution in [3.63, 3.8) is 0 Å². The van der Waals surface area contributed by atoms with E-state index in [2.05, 4.69) is 0 Å². The molecule has 1 heterocycles. The van der Waals surface area contributed by atoms with Crippen LogP contribution >= 0.6 is 11.3 Å². The first-order valence-corrected chi connectivity index (χ1v) is 6.50. The fourth-order valence-corrected chi connectivity index (χ4v) is 2.65. The van der Waals surface area contributed by atoms with E-state index in [9.17, 15) is 18.4 Å². The Hall–Kier alpha value is -2.02. The molecular weight excluding hydrogens is 290 g/mol. The molecule has 0 fully saturated rings. The SMILES string of the molecule is CCOC(=O)c1cc2ccc(C(F)(F)C(=O)O)cc2s1. The lowest BCUT2D eigenvalue weighted by Gasteiger charge is -2.10. The van der Waals surface area contributed by atoms with E-state index in [0.717, 1.165) is 23.5 Å². The molecule has 1 N–H and O–H groups in total. The second kappa shape index (κ2) is 5.16. The van der Waals surface area contributed by atoms with Crippen molar-refractivity contribution in [2.75, 3.05) is 6.61 Å². The number of ether oxygens (including phenoxy) is 1. The van der Waals surface area contributed by atoms with E-state index < -0.39 is 23.4 Å². The molecule has 0 spiro atoms. The largest absolute Gasteiger partial charge is 0.477 e. The van der Waals surface area contributed by atoms with Crippen molar-refractivity contribution in [2.45, 2.75) is 12.8 Å². The predicted molar refractivity (Wildman–Crippen MR) is 69.3 cm³/mol. The minimum Gasteiger partial charge on any atom is -0.477 e. The van der Waals surface area contributed by atoms with Crippen molar-refractivity contribution >= 4 is 33.4 Å². The summed E-state index contributed by atoms with van der Waals surface area (Å²) in [6.45, 7) is 1.88. The van der Waals surface area contributed by atoms with Crippen molar-refractivity contribution in [2.24, 2.45) is 0 Å². The maximum absolute atomic E-state index is 13.4. The highest BCUT2D eigenvalue weighted by molar-refractivity contribution is 7.20. The Kier molecular flexibility index (Phi) is 3.71. The Balaban J connectivity index is 2.45. The minimum atomic E-state index is -3.96. The van der Waals surface area contributed by atoms with Gasteiger partial charge in [-0.1, -0.05) is 12.1 Å². The number of fused-ring (bicyclic) bond motifs is 1. The molecule has 0 radical (unpaired) electrons. The summed E-state index contributed by atoms with van der Waals surface area (Å²) in [7, 11) is 0. The maximum Gasteiger partial charge on any atom is 0.379 e. The van der Waals surface area contributed by atoms with Crippen LogP contribution < -0.4 is 0 Å². The zero-order valence-electron chi connectivity index (χ0n) is 10.4. The number of hydrogen-bond donors (Lipinski definition) is 1. The fourth-order valence-electron chi connectivity index (χ4n) is 1.65. The Bertz CT molecular complexity index is 678. The van der Waals surface area contributed by atoms with Crippen molar-refractivity contribution in [1.29, 1.82) is 0 Å². The van der Waals surface area contributed by atoms with Gasteiger partial charge in [-0.3, -0.25) is 0 Å². The second-order valence-corrected chi connectivity index (χ2v) is 5.05. The van der Waals surface area contributed by atoms with Gasteiger partial charge in [0, 0.05) is 10.3 Å². The zero-order valence-corrected chi connectivity index (χ0v) is 11.2. The van der Waals surface area contributed by atoms with Gasteiger partial charge < -0.3 is 9.84 Å². The predicted octanol–water partition coefficient (Wildman–Crippen LogP) is 3.25. The second-order valence-electron chi connectivity index (χ2n) is 3.96. The smallest absolute Gasteiger partial charge is 0.379 e. The maximum atomic E-state index is 13.4. The number of aliphatic carboxylic acids is 1. The molecule has 20 heavy (non-hydrogen) atoms. The van der Waals surface area contributed by atoms with Crippen LogP contribution in [0.2, 0.25) is 0 Å². The number of thiophene rings is 1. The summed E-state index contributed by atoms with van der Waals surface area (Å²) in [6, 6.07) is 5.01. The van der Waals surface area contributed by atoms with Crippen molar-refractivity contribution in [3.8, 4) is 0 Å². The summed E-state index contributed by atoms with van der Waals surface area (Å²) in [5, 5.41) is 9.10. The van der Waals surface area contributed by atoms with Crippen LogP contribution in [0.15, 0.2) is 24.3 Å². The van der Waals surface area contributed by atoms with Crippen LogP contribution in [0.4, 0.5) is 8.78 Å². The molecule has 1 aromatic carbocycles. The lowest BCUT2D eigenvalue weighted by Crippen LogP contribution is -2.25. The number of carboxylic acid groups (broad SMARTS) is 1. The molecule has 0 atom stereocenters. The van der Waals surface area contributed by atoms with Crippen LogP contribution in [0.1, 0.15) is 22.2 Å². The number of esters is 1. The van der Waals surface area contributed by atoms with Gasteiger partial charge in [-0.05, 0) is 24.4 Å². The topological polar surface area (TPSA) is 63.6 Å². The number of carbonyl (C=O) groups excluding carboxylic acids is 1. The van der Waals surface area contributed by atoms with Gasteiger partial charge in [-0.2, -0.15) is 8.78 Å². The summed E-state index contributed by atoms with van der Waals surface area (Å²) in [4.78, 5) is 22.4. The van der Waals surface area contributed by atoms with Gasteiger partial charge in [0.05, 0.1) is 6.61 Å². The van der Waals surface area contributed by atoms with E-state index >= 15 is 0 Å². The summed E-state index contributed by atoms with van der Waals surface area (Å²) in [5.41, 5.74) is -0.616. The lowest BCUT2D eigenvalue weighted by atomic mass is 10.1. The Labute approximate surface area is 116 Å². The molecule has 1 aromatic heterocycles. The summed E-state index contributed by atoms with van der Waals surface area (Å²) in [6.07, 6.45) is 0. The van der Waals surface area contributed by atoms with Gasteiger partial charge in [0.1, 0.15) is 4.88 Å². The van der Waals surface area contributed by atoms with Crippen molar-refractivity contribution in [1.82, 2.24) is 0 Å². The van der Waals surface area contributed by atoms with Crippen LogP contribution in [0.5, 0.6) is 0 Å². The first-order valence-electron chi connectivity index (χ1n) is 5.68. The zero-order chi connectivity index (χ0) is 14.9. The third kappa shape index (κ3) is 2.49. The lowest BCUT2D eigenvalue weighted by molar-refractivity contribution is -0.166. The van der Waals surface area contributed by atoms with Crippen molar-refractivity contribution < 1.29 is 28.2 Å². The molecular formula is C13H10F2O4S. The fraction of sp³-hybridized carbons (Fsp3) is 0.231. The monoisotopic (exact) mass is 300 g/mol. The third-order valence-corrected chi connectivity index (χ3v) is 3.71. The highest BCUT2D eigenvalue weighted by atomic mass is 32.1. The quantitative estimate of drug-likeness (QED) is 0.880. The van der Waals surface area contributed by atoms with Crippen molar-refractivity contribution in [3.05, 3.63) is 34.7 Å². The summed E-state index contributed by atoms with van der Waals surface area (Å²) < 4.78 is 32.0. The van der Waals surface area contributed by atoms with E-state index in [0.29, 0.717) is 10.1 Å². The first kappa shape index (κ1) is 14.4. The highest BCUT2D eigenvalue weighted by Crippen LogP contribution is 2.34. The average molecular weight is 300 g/mol. The molecule has 106 valence electrons. The number of alkyl halides is 2. The van der Waals surface area contributed by atoms with Crippen LogP contribution in [-0.4, -0.2) is 23.7 Å². The Morgan fingerprint density at radius 2 is 2.05 bits per heavy atom. The summed E-state index contributed by atoms with van der Waals surface area (Å²) >= 11 is 0.987. The normalized spacial score (nSPS) is 11.6. The molecule has 0 saturated heterocycles.